The minimum absolute atomic E-state index is 0.0446. The molecule has 0 amide bonds. The van der Waals surface area contributed by atoms with Gasteiger partial charge in [0.15, 0.2) is 0 Å². The lowest BCUT2D eigenvalue weighted by atomic mass is 10.0. The van der Waals surface area contributed by atoms with Crippen LogP contribution in [0.2, 0.25) is 0 Å². The third kappa shape index (κ3) is 5.42. The first-order chi connectivity index (χ1) is 17.2. The number of fused-ring (bicyclic) bond motifs is 1. The van der Waals surface area contributed by atoms with Gasteiger partial charge in [-0.1, -0.05) is 18.2 Å². The molecule has 0 aliphatic carbocycles. The summed E-state index contributed by atoms with van der Waals surface area (Å²) in [7, 11) is -0.892. The highest BCUT2D eigenvalue weighted by atomic mass is 32.2. The van der Waals surface area contributed by atoms with Crippen LogP contribution in [0, 0.1) is 0 Å². The molecule has 0 aliphatic heterocycles. The molecule has 0 radical (unpaired) electrons. The second-order valence-electron chi connectivity index (χ2n) is 8.32. The molecule has 0 bridgehead atoms. The molecular formula is C24H20F6N4O2S. The van der Waals surface area contributed by atoms with Crippen molar-refractivity contribution in [3.05, 3.63) is 83.6 Å². The van der Waals surface area contributed by atoms with Crippen molar-refractivity contribution >= 4 is 21.5 Å². The molecule has 2 aromatic carbocycles. The molecule has 0 fully saturated rings. The van der Waals surface area contributed by atoms with E-state index in [0.29, 0.717) is 34.9 Å². The van der Waals surface area contributed by atoms with Gasteiger partial charge in [0.05, 0.1) is 16.0 Å². The van der Waals surface area contributed by atoms with Gasteiger partial charge in [-0.05, 0) is 48.0 Å². The van der Waals surface area contributed by atoms with Crippen LogP contribution < -0.4 is 5.32 Å². The summed E-state index contributed by atoms with van der Waals surface area (Å²) in [6.07, 6.45) is -8.29. The average molecular weight is 543 g/mol. The van der Waals surface area contributed by atoms with Crippen LogP contribution in [0.1, 0.15) is 16.7 Å². The smallest absolute Gasteiger partial charge is 0.365 e. The van der Waals surface area contributed by atoms with E-state index >= 15 is 0 Å². The van der Waals surface area contributed by atoms with E-state index in [1.165, 1.54) is 38.4 Å². The molecule has 1 N–H and O–H groups in total. The molecule has 0 unspecified atom stereocenters. The number of rotatable bonds is 6. The van der Waals surface area contributed by atoms with Gasteiger partial charge in [-0.25, -0.2) is 17.7 Å². The van der Waals surface area contributed by atoms with Crippen LogP contribution in [0.15, 0.2) is 71.8 Å². The first-order valence-corrected chi connectivity index (χ1v) is 12.1. The van der Waals surface area contributed by atoms with E-state index in [9.17, 15) is 34.8 Å². The lowest BCUT2D eigenvalue weighted by Crippen LogP contribution is -2.22. The van der Waals surface area contributed by atoms with Gasteiger partial charge in [0, 0.05) is 32.4 Å². The summed E-state index contributed by atoms with van der Waals surface area (Å²) in [5, 5.41) is 2.91. The van der Waals surface area contributed by atoms with Gasteiger partial charge < -0.3 is 5.32 Å². The predicted octanol–water partition coefficient (Wildman–Crippen LogP) is 5.90. The Morgan fingerprint density at radius 1 is 0.892 bits per heavy atom. The van der Waals surface area contributed by atoms with Gasteiger partial charge in [-0.2, -0.15) is 26.3 Å². The zero-order valence-electron chi connectivity index (χ0n) is 19.4. The molecule has 0 saturated carbocycles. The molecule has 4 rings (SSSR count). The van der Waals surface area contributed by atoms with E-state index in [1.54, 1.807) is 28.8 Å². The van der Waals surface area contributed by atoms with E-state index in [0.717, 1.165) is 4.31 Å². The largest absolute Gasteiger partial charge is 0.416 e. The molecule has 6 nitrogen and oxygen atoms in total. The first kappa shape index (κ1) is 26.5. The van der Waals surface area contributed by atoms with Gasteiger partial charge in [0.1, 0.15) is 17.2 Å². The van der Waals surface area contributed by atoms with Crippen LogP contribution in [0.25, 0.3) is 16.9 Å². The number of imidazole rings is 1. The Kier molecular flexibility index (Phi) is 6.71. The van der Waals surface area contributed by atoms with Gasteiger partial charge in [0.25, 0.3) is 0 Å². The Bertz CT molecular complexity index is 1510. The second kappa shape index (κ2) is 9.38. The molecule has 0 atom stereocenters. The summed E-state index contributed by atoms with van der Waals surface area (Å²) in [5.74, 6) is 0.310. The number of benzene rings is 2. The summed E-state index contributed by atoms with van der Waals surface area (Å²) in [5.41, 5.74) is -1.76. The molecule has 2 heterocycles. The molecule has 0 saturated heterocycles. The third-order valence-electron chi connectivity index (χ3n) is 5.54. The third-order valence-corrected chi connectivity index (χ3v) is 7.37. The van der Waals surface area contributed by atoms with Crippen molar-refractivity contribution in [1.82, 2.24) is 13.7 Å². The Balaban J connectivity index is 1.74. The minimum Gasteiger partial charge on any atom is -0.365 e. The average Bonchev–Trinajstić information content (AvgIpc) is 3.20. The van der Waals surface area contributed by atoms with Crippen LogP contribution in [-0.2, 0) is 28.9 Å². The van der Waals surface area contributed by atoms with Crippen molar-refractivity contribution in [1.29, 1.82) is 0 Å². The highest BCUT2D eigenvalue weighted by Crippen LogP contribution is 2.37. The van der Waals surface area contributed by atoms with Crippen LogP contribution in [0.3, 0.4) is 0 Å². The number of alkyl halides is 6. The minimum atomic E-state index is -4.96. The van der Waals surface area contributed by atoms with Crippen LogP contribution in [0.5, 0.6) is 0 Å². The molecule has 196 valence electrons. The molecule has 2 aromatic heterocycles. The number of hydrogen-bond donors (Lipinski definition) is 1. The number of nitrogens with zero attached hydrogens (tertiary/aromatic N) is 3. The summed E-state index contributed by atoms with van der Waals surface area (Å²) in [4.78, 5) is 4.56. The molecule has 0 aliphatic rings. The van der Waals surface area contributed by atoms with Crippen molar-refractivity contribution in [2.24, 2.45) is 0 Å². The van der Waals surface area contributed by atoms with E-state index < -0.39 is 33.5 Å². The summed E-state index contributed by atoms with van der Waals surface area (Å²) < 4.78 is 107. The number of hydrogen-bond acceptors (Lipinski definition) is 4. The Morgan fingerprint density at radius 3 is 2.03 bits per heavy atom. The molecule has 13 heteroatoms. The number of pyridine rings is 1. The van der Waals surface area contributed by atoms with Crippen molar-refractivity contribution in [3.63, 3.8) is 0 Å². The maximum atomic E-state index is 13.3. The fourth-order valence-electron chi connectivity index (χ4n) is 3.67. The van der Waals surface area contributed by atoms with Gasteiger partial charge in [0.2, 0.25) is 10.0 Å². The monoisotopic (exact) mass is 542 g/mol. The lowest BCUT2D eigenvalue weighted by molar-refractivity contribution is -0.143. The highest BCUT2D eigenvalue weighted by molar-refractivity contribution is 7.89. The Hall–Kier alpha value is -3.58. The lowest BCUT2D eigenvalue weighted by Gasteiger charge is -2.15. The fraction of sp³-hybridized carbons (Fsp3) is 0.208. The zero-order valence-corrected chi connectivity index (χ0v) is 20.2. The predicted molar refractivity (Wildman–Crippen MR) is 125 cm³/mol. The first-order valence-electron chi connectivity index (χ1n) is 10.7. The number of sulfonamides is 1. The summed E-state index contributed by atoms with van der Waals surface area (Å²) >= 11 is 0. The SMILES string of the molecule is CN(C)S(=O)(=O)c1ccc(-c2nc3ccccn3c2NCc2cc(C(F)(F)F)cc(C(F)(F)F)c2)cc1. The van der Waals surface area contributed by atoms with E-state index in [1.807, 2.05) is 0 Å². The van der Waals surface area contributed by atoms with Crippen molar-refractivity contribution in [3.8, 4) is 11.3 Å². The second-order valence-corrected chi connectivity index (χ2v) is 10.5. The van der Waals surface area contributed by atoms with Crippen molar-refractivity contribution in [2.45, 2.75) is 23.8 Å². The standard InChI is InChI=1S/C24H20F6N4O2S/c1-33(2)37(35,36)19-8-6-16(7-9-19)21-22(34-10-4-3-5-20(34)32-21)31-14-15-11-17(23(25,26)27)13-18(12-15)24(28,29)30/h3-13,31H,14H2,1-2H3. The maximum Gasteiger partial charge on any atom is 0.416 e. The number of nitrogens with one attached hydrogen (secondary N) is 1. The van der Waals surface area contributed by atoms with Gasteiger partial charge >= 0.3 is 12.4 Å². The van der Waals surface area contributed by atoms with Crippen LogP contribution >= 0.6 is 0 Å². The number of halogens is 6. The summed E-state index contributed by atoms with van der Waals surface area (Å²) in [6, 6.07) is 12.3. The number of aromatic nitrogens is 2. The molecular weight excluding hydrogens is 522 g/mol. The van der Waals surface area contributed by atoms with E-state index in [4.69, 9.17) is 0 Å². The molecule has 4 aromatic rings. The molecule has 37 heavy (non-hydrogen) atoms. The fourth-order valence-corrected chi connectivity index (χ4v) is 4.57. The number of anilines is 1. The highest BCUT2D eigenvalue weighted by Gasteiger charge is 2.36. The normalized spacial score (nSPS) is 12.9. The van der Waals surface area contributed by atoms with E-state index in [2.05, 4.69) is 10.3 Å². The molecule has 0 spiro atoms. The quantitative estimate of drug-likeness (QED) is 0.308. The van der Waals surface area contributed by atoms with Crippen LogP contribution in [0.4, 0.5) is 32.2 Å². The zero-order chi connectivity index (χ0) is 27.2. The Labute approximate surface area is 208 Å². The summed E-state index contributed by atoms with van der Waals surface area (Å²) in [6.45, 7) is -0.365. The van der Waals surface area contributed by atoms with E-state index in [-0.39, 0.29) is 23.1 Å². The Morgan fingerprint density at radius 2 is 1.49 bits per heavy atom. The van der Waals surface area contributed by atoms with Gasteiger partial charge in [-0.15, -0.1) is 0 Å². The van der Waals surface area contributed by atoms with Gasteiger partial charge in [-0.3, -0.25) is 4.40 Å². The van der Waals surface area contributed by atoms with Crippen LogP contribution in [-0.4, -0.2) is 36.2 Å². The topological polar surface area (TPSA) is 66.7 Å². The van der Waals surface area contributed by atoms with Crippen molar-refractivity contribution in [2.75, 3.05) is 19.4 Å². The van der Waals surface area contributed by atoms with Crippen molar-refractivity contribution < 1.29 is 34.8 Å². The maximum absolute atomic E-state index is 13.3.